The molecule has 26 heavy (non-hydrogen) atoms. The summed E-state index contributed by atoms with van der Waals surface area (Å²) in [6, 6.07) is 20.1. The van der Waals surface area contributed by atoms with E-state index in [2.05, 4.69) is 38.1 Å². The third-order valence-electron chi connectivity index (χ3n) is 4.09. The molecule has 3 rings (SSSR count). The van der Waals surface area contributed by atoms with Crippen LogP contribution in [0.4, 0.5) is 0 Å². The van der Waals surface area contributed by atoms with Gasteiger partial charge in [0, 0.05) is 10.6 Å². The van der Waals surface area contributed by atoms with Crippen LogP contribution in [0.25, 0.3) is 28.0 Å². The first-order chi connectivity index (χ1) is 12.4. The number of nitrogens with one attached hydrogen (secondary N) is 1. The van der Waals surface area contributed by atoms with Gasteiger partial charge >= 0.3 is 0 Å². The van der Waals surface area contributed by atoms with E-state index in [-0.39, 0.29) is 5.84 Å². The Morgan fingerprint density at radius 1 is 0.846 bits per heavy atom. The summed E-state index contributed by atoms with van der Waals surface area (Å²) in [7, 11) is 0. The van der Waals surface area contributed by atoms with Crippen LogP contribution in [0.3, 0.4) is 0 Å². The summed E-state index contributed by atoms with van der Waals surface area (Å²) in [5.41, 5.74) is 10.7. The number of benzene rings is 3. The van der Waals surface area contributed by atoms with Crippen molar-refractivity contribution < 1.29 is 0 Å². The van der Waals surface area contributed by atoms with E-state index in [1.807, 2.05) is 48.5 Å². The predicted molar refractivity (Wildman–Crippen MR) is 114 cm³/mol. The van der Waals surface area contributed by atoms with Gasteiger partial charge in [0.1, 0.15) is 5.84 Å². The number of halogens is 1. The van der Waals surface area contributed by atoms with Crippen molar-refractivity contribution in [3.05, 3.63) is 88.5 Å². The molecule has 0 aromatic heterocycles. The van der Waals surface area contributed by atoms with Gasteiger partial charge in [-0.2, -0.15) is 0 Å². The molecule has 0 saturated heterocycles. The Kier molecular flexibility index (Phi) is 5.24. The Morgan fingerprint density at radius 3 is 2.27 bits per heavy atom. The summed E-state index contributed by atoms with van der Waals surface area (Å²) >= 11 is 6.56. The molecule has 0 spiro atoms. The molecule has 130 valence electrons. The molecule has 0 aliphatic rings. The molecule has 0 amide bonds. The number of hydrogen-bond acceptors (Lipinski definition) is 1. The SMILES string of the molecule is CC(C)=Cc1cccc(/C(Cl)=C/c2ccc3cc(C(=N)N)ccc3c2)c1. The van der Waals surface area contributed by atoms with E-state index in [1.165, 1.54) is 5.57 Å². The predicted octanol–water partition coefficient (Wildman–Crippen LogP) is 6.28. The summed E-state index contributed by atoms with van der Waals surface area (Å²) in [6.45, 7) is 4.16. The van der Waals surface area contributed by atoms with Crippen molar-refractivity contribution in [1.82, 2.24) is 0 Å². The van der Waals surface area contributed by atoms with Crippen LogP contribution >= 0.6 is 11.6 Å². The van der Waals surface area contributed by atoms with E-state index >= 15 is 0 Å². The van der Waals surface area contributed by atoms with Gasteiger partial charge < -0.3 is 5.73 Å². The minimum Gasteiger partial charge on any atom is -0.384 e. The standard InChI is InChI=1S/C23H21ClN2/c1-15(2)10-16-4-3-5-20(12-16)22(24)13-17-6-7-19-14-21(23(25)26)9-8-18(19)11-17/h3-14H,1-2H3,(H3,25,26)/b22-13-. The maximum atomic E-state index is 7.55. The first kappa shape index (κ1) is 18.0. The lowest BCUT2D eigenvalue weighted by atomic mass is 10.0. The highest BCUT2D eigenvalue weighted by Gasteiger charge is 2.03. The molecule has 3 aromatic carbocycles. The minimum absolute atomic E-state index is 0.0789. The van der Waals surface area contributed by atoms with Crippen LogP contribution in [-0.4, -0.2) is 5.84 Å². The van der Waals surface area contributed by atoms with Crippen molar-refractivity contribution in [1.29, 1.82) is 5.41 Å². The van der Waals surface area contributed by atoms with E-state index in [4.69, 9.17) is 22.7 Å². The molecule has 0 fully saturated rings. The minimum atomic E-state index is 0.0789. The molecule has 3 heteroatoms. The highest BCUT2D eigenvalue weighted by atomic mass is 35.5. The lowest BCUT2D eigenvalue weighted by Gasteiger charge is -2.05. The monoisotopic (exact) mass is 360 g/mol. The third-order valence-corrected chi connectivity index (χ3v) is 4.41. The molecule has 2 nitrogen and oxygen atoms in total. The van der Waals surface area contributed by atoms with Crippen LogP contribution < -0.4 is 5.73 Å². The number of amidine groups is 1. The van der Waals surface area contributed by atoms with Gasteiger partial charge in [0.2, 0.25) is 0 Å². The molecular weight excluding hydrogens is 340 g/mol. The quantitative estimate of drug-likeness (QED) is 0.321. The Balaban J connectivity index is 1.95. The summed E-state index contributed by atoms with van der Waals surface area (Å²) in [5.74, 6) is 0.0789. The fraction of sp³-hybridized carbons (Fsp3) is 0.0870. The van der Waals surface area contributed by atoms with Gasteiger partial charge in [-0.05, 0) is 65.6 Å². The largest absolute Gasteiger partial charge is 0.384 e. The zero-order valence-electron chi connectivity index (χ0n) is 14.9. The van der Waals surface area contributed by atoms with E-state index in [9.17, 15) is 0 Å². The summed E-state index contributed by atoms with van der Waals surface area (Å²) in [6.07, 6.45) is 4.11. The third kappa shape index (κ3) is 4.22. The van der Waals surface area contributed by atoms with Gasteiger partial charge in [0.05, 0.1) is 0 Å². The maximum Gasteiger partial charge on any atom is 0.122 e. The highest BCUT2D eigenvalue weighted by molar-refractivity contribution is 6.51. The number of nitrogens with two attached hydrogens (primary N) is 1. The van der Waals surface area contributed by atoms with E-state index in [0.29, 0.717) is 5.03 Å². The Labute approximate surface area is 159 Å². The molecule has 3 N–H and O–H groups in total. The molecule has 0 heterocycles. The number of rotatable bonds is 4. The van der Waals surface area contributed by atoms with Crippen molar-refractivity contribution in [2.24, 2.45) is 5.73 Å². The highest BCUT2D eigenvalue weighted by Crippen LogP contribution is 2.26. The fourth-order valence-electron chi connectivity index (χ4n) is 2.86. The molecule has 0 aliphatic carbocycles. The van der Waals surface area contributed by atoms with E-state index < -0.39 is 0 Å². The molecule has 0 atom stereocenters. The fourth-order valence-corrected chi connectivity index (χ4v) is 3.11. The van der Waals surface area contributed by atoms with Gasteiger partial charge in [-0.1, -0.05) is 65.7 Å². The Hall–Kier alpha value is -2.84. The Morgan fingerprint density at radius 2 is 1.54 bits per heavy atom. The normalized spacial score (nSPS) is 11.4. The van der Waals surface area contributed by atoms with Crippen LogP contribution in [0.2, 0.25) is 0 Å². The zero-order chi connectivity index (χ0) is 18.7. The molecule has 3 aromatic rings. The second-order valence-corrected chi connectivity index (χ2v) is 6.98. The van der Waals surface area contributed by atoms with E-state index in [1.54, 1.807) is 0 Å². The van der Waals surface area contributed by atoms with Crippen LogP contribution in [0, 0.1) is 5.41 Å². The second kappa shape index (κ2) is 7.59. The van der Waals surface area contributed by atoms with Gasteiger partial charge in [0.15, 0.2) is 0 Å². The average molecular weight is 361 g/mol. The number of hydrogen-bond donors (Lipinski definition) is 2. The molecule has 0 radical (unpaired) electrons. The number of allylic oxidation sites excluding steroid dienone is 1. The van der Waals surface area contributed by atoms with Crippen molar-refractivity contribution >= 4 is 45.4 Å². The van der Waals surface area contributed by atoms with Crippen LogP contribution in [-0.2, 0) is 0 Å². The Bertz CT molecular complexity index is 1040. The van der Waals surface area contributed by atoms with Gasteiger partial charge in [-0.15, -0.1) is 0 Å². The van der Waals surface area contributed by atoms with Crippen molar-refractivity contribution in [3.63, 3.8) is 0 Å². The van der Waals surface area contributed by atoms with E-state index in [0.717, 1.165) is 33.0 Å². The van der Waals surface area contributed by atoms with Crippen LogP contribution in [0.15, 0.2) is 66.2 Å². The van der Waals surface area contributed by atoms with Crippen molar-refractivity contribution in [2.45, 2.75) is 13.8 Å². The van der Waals surface area contributed by atoms with Crippen LogP contribution in [0.5, 0.6) is 0 Å². The number of nitrogen functional groups attached to an aromatic ring is 1. The van der Waals surface area contributed by atoms with Crippen LogP contribution in [0.1, 0.15) is 36.1 Å². The van der Waals surface area contributed by atoms with Gasteiger partial charge in [-0.3, -0.25) is 5.41 Å². The van der Waals surface area contributed by atoms with Gasteiger partial charge in [0.25, 0.3) is 0 Å². The average Bonchev–Trinajstić information content (AvgIpc) is 2.60. The summed E-state index contributed by atoms with van der Waals surface area (Å²) in [5, 5.41) is 10.4. The summed E-state index contributed by atoms with van der Waals surface area (Å²) < 4.78 is 0. The topological polar surface area (TPSA) is 49.9 Å². The molecular formula is C23H21ClN2. The molecule has 0 bridgehead atoms. The maximum absolute atomic E-state index is 7.55. The first-order valence-corrected chi connectivity index (χ1v) is 8.81. The number of fused-ring (bicyclic) bond motifs is 1. The lowest BCUT2D eigenvalue weighted by Crippen LogP contribution is -2.10. The van der Waals surface area contributed by atoms with Crippen molar-refractivity contribution in [2.75, 3.05) is 0 Å². The zero-order valence-corrected chi connectivity index (χ0v) is 15.6. The molecule has 0 unspecified atom stereocenters. The smallest absolute Gasteiger partial charge is 0.122 e. The van der Waals surface area contributed by atoms with Gasteiger partial charge in [-0.25, -0.2) is 0 Å². The molecule has 0 saturated carbocycles. The lowest BCUT2D eigenvalue weighted by molar-refractivity contribution is 1.42. The van der Waals surface area contributed by atoms with Crippen molar-refractivity contribution in [3.8, 4) is 0 Å². The summed E-state index contributed by atoms with van der Waals surface area (Å²) in [4.78, 5) is 0. The molecule has 0 aliphatic heterocycles. The first-order valence-electron chi connectivity index (χ1n) is 8.43. The second-order valence-electron chi connectivity index (χ2n) is 6.57.